The van der Waals surface area contributed by atoms with Gasteiger partial charge in [-0.3, -0.25) is 9.59 Å². The normalized spacial score (nSPS) is 12.0. The van der Waals surface area contributed by atoms with Crippen molar-refractivity contribution in [3.05, 3.63) is 69.6 Å². The minimum absolute atomic E-state index is 0.186. The van der Waals surface area contributed by atoms with Gasteiger partial charge in [-0.2, -0.15) is 0 Å². The molecule has 0 saturated carbocycles. The first kappa shape index (κ1) is 16.0. The summed E-state index contributed by atoms with van der Waals surface area (Å²) in [7, 11) is 0. The predicted octanol–water partition coefficient (Wildman–Crippen LogP) is 1.88. The topological polar surface area (TPSA) is 73.4 Å². The van der Waals surface area contributed by atoms with E-state index in [1.165, 1.54) is 17.2 Å². The number of aliphatic hydroxyl groups excluding tert-OH is 1. The Morgan fingerprint density at radius 2 is 1.95 bits per heavy atom. The number of hydrogen-bond acceptors (Lipinski definition) is 3. The van der Waals surface area contributed by atoms with Crippen molar-refractivity contribution in [1.82, 2.24) is 9.88 Å². The van der Waals surface area contributed by atoms with Crippen molar-refractivity contribution >= 4 is 5.91 Å². The zero-order valence-corrected chi connectivity index (χ0v) is 12.7. The van der Waals surface area contributed by atoms with Gasteiger partial charge in [0.2, 0.25) is 5.56 Å². The lowest BCUT2D eigenvalue weighted by Gasteiger charge is -2.24. The number of aliphatic hydroxyl groups is 1. The van der Waals surface area contributed by atoms with E-state index in [4.69, 9.17) is 0 Å². The number of nitrogens with one attached hydrogen (secondary N) is 1. The van der Waals surface area contributed by atoms with Gasteiger partial charge in [-0.1, -0.05) is 29.8 Å². The molecule has 116 valence electrons. The number of carbonyl (C=O) groups excluding carboxylic acids is 1. The number of hydrogen-bond donors (Lipinski definition) is 2. The predicted molar refractivity (Wildman–Crippen MR) is 84.8 cm³/mol. The minimum atomic E-state index is -0.758. The Labute approximate surface area is 129 Å². The molecule has 1 amide bonds. The first-order chi connectivity index (χ1) is 10.5. The van der Waals surface area contributed by atoms with Gasteiger partial charge in [0.15, 0.2) is 0 Å². The lowest BCUT2D eigenvalue weighted by Crippen LogP contribution is -2.35. The Bertz CT molecular complexity index is 692. The third-order valence-electron chi connectivity index (χ3n) is 3.55. The summed E-state index contributed by atoms with van der Waals surface area (Å²) >= 11 is 0. The molecule has 0 spiro atoms. The van der Waals surface area contributed by atoms with Crippen molar-refractivity contribution in [3.8, 4) is 0 Å². The van der Waals surface area contributed by atoms with Crippen LogP contribution in [0.2, 0.25) is 0 Å². The third-order valence-corrected chi connectivity index (χ3v) is 3.55. The van der Waals surface area contributed by atoms with E-state index in [0.717, 1.165) is 11.1 Å². The van der Waals surface area contributed by atoms with Gasteiger partial charge in [-0.05, 0) is 25.5 Å². The second-order valence-electron chi connectivity index (χ2n) is 5.21. The zero-order chi connectivity index (χ0) is 16.1. The Kier molecular flexibility index (Phi) is 5.12. The van der Waals surface area contributed by atoms with E-state index in [-0.39, 0.29) is 18.0 Å². The van der Waals surface area contributed by atoms with Gasteiger partial charge in [0, 0.05) is 24.4 Å². The van der Waals surface area contributed by atoms with Crippen LogP contribution in [0.5, 0.6) is 0 Å². The number of aromatic nitrogens is 1. The van der Waals surface area contributed by atoms with Crippen LogP contribution in [0.4, 0.5) is 0 Å². The van der Waals surface area contributed by atoms with Gasteiger partial charge in [0.05, 0.1) is 12.6 Å². The molecule has 2 aromatic rings. The van der Waals surface area contributed by atoms with Crippen molar-refractivity contribution in [2.75, 3.05) is 13.1 Å². The molecule has 1 heterocycles. The smallest absolute Gasteiger partial charge is 0.254 e. The number of aromatic amines is 1. The summed E-state index contributed by atoms with van der Waals surface area (Å²) < 4.78 is 0. The summed E-state index contributed by atoms with van der Waals surface area (Å²) in [6.45, 7) is 4.46. The molecule has 0 fully saturated rings. The Morgan fingerprint density at radius 1 is 1.27 bits per heavy atom. The van der Waals surface area contributed by atoms with E-state index in [2.05, 4.69) is 4.98 Å². The van der Waals surface area contributed by atoms with Crippen LogP contribution in [0.1, 0.15) is 34.5 Å². The molecule has 0 aliphatic heterocycles. The van der Waals surface area contributed by atoms with Crippen LogP contribution in [0.3, 0.4) is 0 Å². The number of nitrogens with zero attached hydrogens (tertiary/aromatic N) is 1. The standard InChI is InChI=1S/C17H20N2O3/c1-3-19(17(22)14-8-9-18-16(21)10-14)11-15(20)13-6-4-12(2)5-7-13/h4-10,15,20H,3,11H2,1-2H3,(H,18,21). The molecule has 1 aromatic carbocycles. The minimum Gasteiger partial charge on any atom is -0.387 e. The number of likely N-dealkylation sites (N-methyl/N-ethyl adjacent to an activating group) is 1. The van der Waals surface area contributed by atoms with E-state index >= 15 is 0 Å². The number of rotatable bonds is 5. The first-order valence-electron chi connectivity index (χ1n) is 7.24. The van der Waals surface area contributed by atoms with E-state index in [9.17, 15) is 14.7 Å². The van der Waals surface area contributed by atoms with E-state index < -0.39 is 6.10 Å². The number of H-pyrrole nitrogens is 1. The molecule has 0 saturated heterocycles. The average Bonchev–Trinajstić information content (AvgIpc) is 2.52. The highest BCUT2D eigenvalue weighted by molar-refractivity contribution is 5.94. The van der Waals surface area contributed by atoms with Gasteiger partial charge in [0.1, 0.15) is 0 Å². The maximum Gasteiger partial charge on any atom is 0.254 e. The van der Waals surface area contributed by atoms with Crippen LogP contribution in [-0.2, 0) is 0 Å². The van der Waals surface area contributed by atoms with Crippen LogP contribution < -0.4 is 5.56 Å². The largest absolute Gasteiger partial charge is 0.387 e. The lowest BCUT2D eigenvalue weighted by molar-refractivity contribution is 0.0634. The molecule has 5 heteroatoms. The molecule has 22 heavy (non-hydrogen) atoms. The van der Waals surface area contributed by atoms with Crippen molar-refractivity contribution in [3.63, 3.8) is 0 Å². The molecule has 2 N–H and O–H groups in total. The number of aryl methyl sites for hydroxylation is 1. The first-order valence-corrected chi connectivity index (χ1v) is 7.24. The summed E-state index contributed by atoms with van der Waals surface area (Å²) in [5, 5.41) is 10.3. The van der Waals surface area contributed by atoms with Crippen molar-refractivity contribution in [2.24, 2.45) is 0 Å². The quantitative estimate of drug-likeness (QED) is 0.885. The fourth-order valence-electron chi connectivity index (χ4n) is 2.22. The molecule has 1 aromatic heterocycles. The molecule has 0 radical (unpaired) electrons. The van der Waals surface area contributed by atoms with Crippen molar-refractivity contribution in [1.29, 1.82) is 0 Å². The van der Waals surface area contributed by atoms with Crippen molar-refractivity contribution < 1.29 is 9.90 Å². The average molecular weight is 300 g/mol. The van der Waals surface area contributed by atoms with Crippen LogP contribution >= 0.6 is 0 Å². The van der Waals surface area contributed by atoms with Gasteiger partial charge in [-0.15, -0.1) is 0 Å². The summed E-state index contributed by atoms with van der Waals surface area (Å²) in [5.41, 5.74) is 1.88. The zero-order valence-electron chi connectivity index (χ0n) is 12.7. The van der Waals surface area contributed by atoms with Crippen molar-refractivity contribution in [2.45, 2.75) is 20.0 Å². The monoisotopic (exact) mass is 300 g/mol. The highest BCUT2D eigenvalue weighted by atomic mass is 16.3. The second kappa shape index (κ2) is 7.04. The number of carbonyl (C=O) groups is 1. The van der Waals surface area contributed by atoms with Crippen LogP contribution in [0, 0.1) is 6.92 Å². The summed E-state index contributed by atoms with van der Waals surface area (Å²) in [5.74, 6) is -0.264. The molecule has 1 atom stereocenters. The van der Waals surface area contributed by atoms with E-state index in [1.54, 1.807) is 6.07 Å². The number of benzene rings is 1. The SMILES string of the molecule is CCN(CC(O)c1ccc(C)cc1)C(=O)c1cc[nH]c(=O)c1. The van der Waals surface area contributed by atoms with Crippen LogP contribution in [0.15, 0.2) is 47.4 Å². The number of amides is 1. The lowest BCUT2D eigenvalue weighted by atomic mass is 10.1. The Balaban J connectivity index is 2.13. The van der Waals surface area contributed by atoms with Gasteiger partial charge in [0.25, 0.3) is 5.91 Å². The highest BCUT2D eigenvalue weighted by Crippen LogP contribution is 2.16. The summed E-state index contributed by atoms with van der Waals surface area (Å²) in [6.07, 6.45) is 0.686. The van der Waals surface area contributed by atoms with Crippen LogP contribution in [-0.4, -0.2) is 34.0 Å². The van der Waals surface area contributed by atoms with Gasteiger partial charge in [-0.25, -0.2) is 0 Å². The molecule has 0 aliphatic carbocycles. The van der Waals surface area contributed by atoms with E-state index in [0.29, 0.717) is 12.1 Å². The molecule has 0 aliphatic rings. The van der Waals surface area contributed by atoms with Gasteiger partial charge >= 0.3 is 0 Å². The molecule has 2 rings (SSSR count). The number of pyridine rings is 1. The molecule has 0 bridgehead atoms. The van der Waals surface area contributed by atoms with E-state index in [1.807, 2.05) is 38.1 Å². The van der Waals surface area contributed by atoms with Crippen LogP contribution in [0.25, 0.3) is 0 Å². The van der Waals surface area contributed by atoms with Gasteiger partial charge < -0.3 is 15.0 Å². The molecular formula is C17H20N2O3. The fourth-order valence-corrected chi connectivity index (χ4v) is 2.22. The summed E-state index contributed by atoms with van der Waals surface area (Å²) in [4.78, 5) is 27.7. The Morgan fingerprint density at radius 3 is 2.55 bits per heavy atom. The maximum atomic E-state index is 12.4. The summed E-state index contributed by atoms with van der Waals surface area (Å²) in [6, 6.07) is 10.4. The second-order valence-corrected chi connectivity index (χ2v) is 5.21. The maximum absolute atomic E-state index is 12.4. The Hall–Kier alpha value is -2.40. The molecule has 1 unspecified atom stereocenters. The molecule has 5 nitrogen and oxygen atoms in total. The highest BCUT2D eigenvalue weighted by Gasteiger charge is 2.19. The molecular weight excluding hydrogens is 280 g/mol. The third kappa shape index (κ3) is 3.83. The fraction of sp³-hybridized carbons (Fsp3) is 0.294.